The van der Waals surface area contributed by atoms with E-state index >= 15 is 0 Å². The molecule has 0 aliphatic carbocycles. The second-order valence-corrected chi connectivity index (χ2v) is 7.14. The number of nitrogens with zero attached hydrogens (tertiary/aromatic N) is 2. The molecule has 0 bridgehead atoms. The minimum Gasteiger partial charge on any atom is -0.389 e. The maximum absolute atomic E-state index is 5.77. The monoisotopic (exact) mass is 337 g/mol. The van der Waals surface area contributed by atoms with E-state index in [-0.39, 0.29) is 0 Å². The first-order valence-corrected chi connectivity index (χ1v) is 8.63. The lowest BCUT2D eigenvalue weighted by atomic mass is 10.1. The summed E-state index contributed by atoms with van der Waals surface area (Å²) in [6, 6.07) is 12.6. The third kappa shape index (κ3) is 3.06. The van der Waals surface area contributed by atoms with Crippen LogP contribution in [0, 0.1) is 13.8 Å². The number of thiocarbonyl (C=S) groups is 1. The van der Waals surface area contributed by atoms with Crippen LogP contribution in [0.5, 0.6) is 0 Å². The molecule has 0 atom stereocenters. The van der Waals surface area contributed by atoms with Gasteiger partial charge in [-0.15, -0.1) is 0 Å². The SMILES string of the molecule is Cc1cc2nc(C(C)C)n(Cc3cccc(C(N)=S)c3)c2cc1C. The lowest BCUT2D eigenvalue weighted by Crippen LogP contribution is -2.11. The summed E-state index contributed by atoms with van der Waals surface area (Å²) in [7, 11) is 0. The average Bonchev–Trinajstić information content (AvgIpc) is 2.86. The Morgan fingerprint density at radius 3 is 2.54 bits per heavy atom. The second-order valence-electron chi connectivity index (χ2n) is 6.70. The lowest BCUT2D eigenvalue weighted by molar-refractivity contribution is 0.683. The third-order valence-electron chi connectivity index (χ3n) is 4.46. The van der Waals surface area contributed by atoms with Gasteiger partial charge in [0.25, 0.3) is 0 Å². The smallest absolute Gasteiger partial charge is 0.112 e. The number of hydrogen-bond donors (Lipinski definition) is 1. The minimum atomic E-state index is 0.358. The van der Waals surface area contributed by atoms with Gasteiger partial charge in [-0.3, -0.25) is 0 Å². The minimum absolute atomic E-state index is 0.358. The number of aromatic nitrogens is 2. The van der Waals surface area contributed by atoms with E-state index in [0.717, 1.165) is 23.4 Å². The molecule has 124 valence electrons. The Hall–Kier alpha value is -2.20. The van der Waals surface area contributed by atoms with Crippen molar-refractivity contribution in [2.24, 2.45) is 5.73 Å². The maximum atomic E-state index is 5.77. The van der Waals surface area contributed by atoms with Crippen LogP contribution < -0.4 is 5.73 Å². The average molecular weight is 337 g/mol. The predicted octanol–water partition coefficient (Wildman–Crippen LogP) is 4.46. The fraction of sp³-hybridized carbons (Fsp3) is 0.300. The van der Waals surface area contributed by atoms with Gasteiger partial charge in [0.2, 0.25) is 0 Å². The molecule has 2 N–H and O–H groups in total. The van der Waals surface area contributed by atoms with Crippen molar-refractivity contribution in [1.29, 1.82) is 0 Å². The Kier molecular flexibility index (Phi) is 4.41. The highest BCUT2D eigenvalue weighted by molar-refractivity contribution is 7.80. The predicted molar refractivity (Wildman–Crippen MR) is 105 cm³/mol. The molecule has 1 aromatic heterocycles. The van der Waals surface area contributed by atoms with Crippen LogP contribution in [0.4, 0.5) is 0 Å². The summed E-state index contributed by atoms with van der Waals surface area (Å²) >= 11 is 5.10. The molecule has 0 saturated carbocycles. The van der Waals surface area contributed by atoms with Crippen LogP contribution in [0.2, 0.25) is 0 Å². The zero-order chi connectivity index (χ0) is 17.4. The molecule has 3 nitrogen and oxygen atoms in total. The van der Waals surface area contributed by atoms with E-state index in [1.807, 2.05) is 12.1 Å². The van der Waals surface area contributed by atoms with Crippen molar-refractivity contribution < 1.29 is 0 Å². The van der Waals surface area contributed by atoms with Gasteiger partial charge < -0.3 is 10.3 Å². The van der Waals surface area contributed by atoms with Crippen LogP contribution in [-0.2, 0) is 6.54 Å². The van der Waals surface area contributed by atoms with Crippen molar-refractivity contribution in [3.05, 3.63) is 64.5 Å². The molecule has 0 saturated heterocycles. The van der Waals surface area contributed by atoms with Gasteiger partial charge in [0.05, 0.1) is 11.0 Å². The van der Waals surface area contributed by atoms with Crippen LogP contribution in [-0.4, -0.2) is 14.5 Å². The molecule has 4 heteroatoms. The van der Waals surface area contributed by atoms with E-state index in [4.69, 9.17) is 22.9 Å². The number of imidazole rings is 1. The Labute approximate surface area is 148 Å². The number of rotatable bonds is 4. The van der Waals surface area contributed by atoms with Gasteiger partial charge in [0, 0.05) is 18.0 Å². The zero-order valence-electron chi connectivity index (χ0n) is 14.6. The molecule has 0 unspecified atom stereocenters. The lowest BCUT2D eigenvalue weighted by Gasteiger charge is -2.13. The molecular formula is C20H23N3S. The van der Waals surface area contributed by atoms with Crippen LogP contribution in [0.15, 0.2) is 36.4 Å². The number of nitrogens with two attached hydrogens (primary N) is 1. The highest BCUT2D eigenvalue weighted by atomic mass is 32.1. The standard InChI is InChI=1S/C20H23N3S/c1-12(2)20-22-17-8-13(3)14(4)9-18(17)23(20)11-15-6-5-7-16(10-15)19(21)24/h5-10,12H,11H2,1-4H3,(H2,21,24). The van der Waals surface area contributed by atoms with Gasteiger partial charge >= 0.3 is 0 Å². The second kappa shape index (κ2) is 6.36. The van der Waals surface area contributed by atoms with Gasteiger partial charge in [-0.05, 0) is 48.7 Å². The molecule has 0 spiro atoms. The van der Waals surface area contributed by atoms with Crippen LogP contribution in [0.25, 0.3) is 11.0 Å². The van der Waals surface area contributed by atoms with Crippen molar-refractivity contribution in [3.63, 3.8) is 0 Å². The molecule has 3 aromatic rings. The zero-order valence-corrected chi connectivity index (χ0v) is 15.4. The molecule has 24 heavy (non-hydrogen) atoms. The third-order valence-corrected chi connectivity index (χ3v) is 4.70. The topological polar surface area (TPSA) is 43.8 Å². The molecule has 0 amide bonds. The normalized spacial score (nSPS) is 11.4. The van der Waals surface area contributed by atoms with Crippen LogP contribution >= 0.6 is 12.2 Å². The number of hydrogen-bond acceptors (Lipinski definition) is 2. The molecule has 0 fully saturated rings. The van der Waals surface area contributed by atoms with Crippen LogP contribution in [0.1, 0.15) is 47.8 Å². The fourth-order valence-corrected chi connectivity index (χ4v) is 3.14. The summed E-state index contributed by atoms with van der Waals surface area (Å²) in [5.41, 5.74) is 12.7. The van der Waals surface area contributed by atoms with Gasteiger partial charge in [-0.1, -0.05) is 44.3 Å². The largest absolute Gasteiger partial charge is 0.389 e. The molecule has 0 aliphatic heterocycles. The van der Waals surface area contributed by atoms with E-state index in [9.17, 15) is 0 Å². The van der Waals surface area contributed by atoms with Gasteiger partial charge in [-0.2, -0.15) is 0 Å². The Morgan fingerprint density at radius 1 is 1.17 bits per heavy atom. The van der Waals surface area contributed by atoms with E-state index < -0.39 is 0 Å². The van der Waals surface area contributed by atoms with Crippen molar-refractivity contribution in [2.75, 3.05) is 0 Å². The summed E-state index contributed by atoms with van der Waals surface area (Å²) in [6.07, 6.45) is 0. The molecular weight excluding hydrogens is 314 g/mol. The molecule has 0 radical (unpaired) electrons. The van der Waals surface area contributed by atoms with Gasteiger partial charge in [0.1, 0.15) is 10.8 Å². The quantitative estimate of drug-likeness (QED) is 0.715. The number of fused-ring (bicyclic) bond motifs is 1. The van der Waals surface area contributed by atoms with Crippen molar-refractivity contribution >= 4 is 28.2 Å². The first-order valence-electron chi connectivity index (χ1n) is 8.23. The Bertz CT molecular complexity index is 922. The molecule has 3 rings (SSSR count). The molecule has 2 aromatic carbocycles. The van der Waals surface area contributed by atoms with Gasteiger partial charge in [0.15, 0.2) is 0 Å². The first-order chi connectivity index (χ1) is 11.4. The highest BCUT2D eigenvalue weighted by Gasteiger charge is 2.15. The fourth-order valence-electron chi connectivity index (χ4n) is 3.01. The van der Waals surface area contributed by atoms with E-state index in [1.165, 1.54) is 22.2 Å². The Morgan fingerprint density at radius 2 is 1.88 bits per heavy atom. The van der Waals surface area contributed by atoms with Gasteiger partial charge in [-0.25, -0.2) is 4.98 Å². The summed E-state index contributed by atoms with van der Waals surface area (Å²) in [4.78, 5) is 5.31. The van der Waals surface area contributed by atoms with E-state index in [0.29, 0.717) is 10.9 Å². The number of benzene rings is 2. The summed E-state index contributed by atoms with van der Waals surface area (Å²) in [5, 5.41) is 0. The van der Waals surface area contributed by atoms with E-state index in [2.05, 4.69) is 56.5 Å². The van der Waals surface area contributed by atoms with Crippen molar-refractivity contribution in [1.82, 2.24) is 9.55 Å². The summed E-state index contributed by atoms with van der Waals surface area (Å²) < 4.78 is 2.31. The van der Waals surface area contributed by atoms with E-state index in [1.54, 1.807) is 0 Å². The highest BCUT2D eigenvalue weighted by Crippen LogP contribution is 2.26. The summed E-state index contributed by atoms with van der Waals surface area (Å²) in [6.45, 7) is 9.41. The molecule has 1 heterocycles. The van der Waals surface area contributed by atoms with Crippen molar-refractivity contribution in [2.45, 2.75) is 40.2 Å². The number of aryl methyl sites for hydroxylation is 2. The van der Waals surface area contributed by atoms with Crippen molar-refractivity contribution in [3.8, 4) is 0 Å². The first kappa shape index (κ1) is 16.7. The Balaban J connectivity index is 2.14. The maximum Gasteiger partial charge on any atom is 0.112 e. The molecule has 0 aliphatic rings. The summed E-state index contributed by atoms with van der Waals surface area (Å²) in [5.74, 6) is 1.47. The van der Waals surface area contributed by atoms with Crippen LogP contribution in [0.3, 0.4) is 0 Å².